The highest BCUT2D eigenvalue weighted by Crippen LogP contribution is 2.32. The first-order valence-corrected chi connectivity index (χ1v) is 11.4. The number of alkyl halides is 1. The monoisotopic (exact) mass is 485 g/mol. The van der Waals surface area contributed by atoms with Crippen molar-refractivity contribution < 1.29 is 13.9 Å². The van der Waals surface area contributed by atoms with Gasteiger partial charge in [0.25, 0.3) is 5.91 Å². The van der Waals surface area contributed by atoms with Crippen LogP contribution < -0.4 is 10.1 Å². The van der Waals surface area contributed by atoms with Crippen LogP contribution in [0.3, 0.4) is 0 Å². The molecular formula is C23H25ClFN7O2. The van der Waals surface area contributed by atoms with E-state index in [0.717, 1.165) is 5.56 Å². The van der Waals surface area contributed by atoms with Crippen LogP contribution in [0.4, 0.5) is 10.2 Å². The van der Waals surface area contributed by atoms with Crippen molar-refractivity contribution in [1.29, 1.82) is 0 Å². The molecule has 1 saturated heterocycles. The van der Waals surface area contributed by atoms with Crippen molar-refractivity contribution in [3.63, 3.8) is 0 Å². The van der Waals surface area contributed by atoms with E-state index < -0.39 is 12.2 Å². The average molecular weight is 486 g/mol. The zero-order valence-corrected chi connectivity index (χ0v) is 19.7. The number of halogens is 2. The molecule has 5 rings (SSSR count). The van der Waals surface area contributed by atoms with Gasteiger partial charge in [0.1, 0.15) is 17.5 Å². The lowest BCUT2D eigenvalue weighted by Gasteiger charge is -2.37. The number of fused-ring (bicyclic) bond motifs is 1. The molecule has 1 atom stereocenters. The van der Waals surface area contributed by atoms with Gasteiger partial charge in [-0.2, -0.15) is 0 Å². The first-order chi connectivity index (χ1) is 16.3. The number of rotatable bonds is 5. The quantitative estimate of drug-likeness (QED) is 0.555. The Bertz CT molecular complexity index is 1190. The van der Waals surface area contributed by atoms with Crippen LogP contribution in [0.1, 0.15) is 24.2 Å². The van der Waals surface area contributed by atoms with Gasteiger partial charge in [-0.05, 0) is 38.1 Å². The van der Waals surface area contributed by atoms with Crippen LogP contribution in [0.15, 0.2) is 42.6 Å². The van der Waals surface area contributed by atoms with Crippen LogP contribution in [-0.2, 0) is 5.54 Å². The van der Waals surface area contributed by atoms with Gasteiger partial charge in [0, 0.05) is 37.3 Å². The highest BCUT2D eigenvalue weighted by molar-refractivity contribution is 6.29. The molecule has 2 aromatic heterocycles. The van der Waals surface area contributed by atoms with Crippen LogP contribution >= 0.6 is 11.6 Å². The fraction of sp³-hybridized carbons (Fsp3) is 0.391. The number of nitrogens with one attached hydrogen (secondary N) is 1. The predicted molar refractivity (Wildman–Crippen MR) is 126 cm³/mol. The van der Waals surface area contributed by atoms with E-state index in [9.17, 15) is 9.18 Å². The number of ether oxygens (including phenoxy) is 1. The number of carbonyl (C=O) groups is 1. The Hall–Kier alpha value is -3.24. The summed E-state index contributed by atoms with van der Waals surface area (Å²) >= 11 is 5.95. The van der Waals surface area contributed by atoms with Gasteiger partial charge in [-0.15, -0.1) is 5.10 Å². The third kappa shape index (κ3) is 4.30. The van der Waals surface area contributed by atoms with E-state index in [2.05, 4.69) is 25.5 Å². The Balaban J connectivity index is 1.19. The molecule has 0 aliphatic carbocycles. The third-order valence-corrected chi connectivity index (χ3v) is 6.33. The van der Waals surface area contributed by atoms with Crippen LogP contribution in [-0.4, -0.2) is 74.9 Å². The third-order valence-electron chi connectivity index (χ3n) is 6.12. The number of hydrogen-bond donors (Lipinski definition) is 1. The number of hydrogen-bond acceptors (Lipinski definition) is 7. The molecule has 1 N–H and O–H groups in total. The zero-order chi connectivity index (χ0) is 23.9. The van der Waals surface area contributed by atoms with Crippen molar-refractivity contribution in [3.8, 4) is 17.0 Å². The van der Waals surface area contributed by atoms with E-state index >= 15 is 0 Å². The van der Waals surface area contributed by atoms with Crippen LogP contribution in [0.25, 0.3) is 11.3 Å². The van der Waals surface area contributed by atoms with Gasteiger partial charge in [-0.3, -0.25) is 4.79 Å². The molecular weight excluding hydrogens is 461 g/mol. The Morgan fingerprint density at radius 1 is 1.18 bits per heavy atom. The smallest absolute Gasteiger partial charge is 0.253 e. The summed E-state index contributed by atoms with van der Waals surface area (Å²) in [5, 5.41) is 11.8. The second-order valence-corrected chi connectivity index (χ2v) is 9.38. The fourth-order valence-electron chi connectivity index (χ4n) is 3.93. The molecule has 0 radical (unpaired) electrons. The molecule has 0 spiro atoms. The summed E-state index contributed by atoms with van der Waals surface area (Å²) in [5.41, 5.74) is 1.31. The first-order valence-electron chi connectivity index (χ1n) is 11.1. The minimum absolute atomic E-state index is 0.0227. The van der Waals surface area contributed by atoms with Gasteiger partial charge in [0.2, 0.25) is 6.35 Å². The Morgan fingerprint density at radius 3 is 2.62 bits per heavy atom. The lowest BCUT2D eigenvalue weighted by atomic mass is 10.1. The van der Waals surface area contributed by atoms with Gasteiger partial charge < -0.3 is 15.0 Å². The maximum atomic E-state index is 13.2. The van der Waals surface area contributed by atoms with Gasteiger partial charge in [0.15, 0.2) is 11.6 Å². The van der Waals surface area contributed by atoms with Crippen molar-refractivity contribution in [3.05, 3.63) is 53.3 Å². The molecule has 1 unspecified atom stereocenters. The number of benzene rings is 1. The topological polar surface area (TPSA) is 88.4 Å². The first kappa shape index (κ1) is 22.5. The number of amides is 1. The van der Waals surface area contributed by atoms with Gasteiger partial charge in [-0.1, -0.05) is 28.9 Å². The summed E-state index contributed by atoms with van der Waals surface area (Å²) in [6.45, 7) is 5.46. The molecule has 1 amide bonds. The molecule has 9 nitrogen and oxygen atoms in total. The standard InChI is InChI=1S/C23H25ClFN7O2/c1-23(2,14-25)32-13-17(28-29-32)15-3-5-16(6-4-15)21(33)30-9-11-31(12-10-30)22-27-20-18(34-22)7-8-19(24)26-20/h3-8,13,22H,9-12,14H2,1-2H3,(H,26,27). The molecule has 2 aliphatic rings. The zero-order valence-electron chi connectivity index (χ0n) is 18.9. The lowest BCUT2D eigenvalue weighted by Crippen LogP contribution is -2.54. The highest BCUT2D eigenvalue weighted by atomic mass is 35.5. The maximum absolute atomic E-state index is 13.2. The summed E-state index contributed by atoms with van der Waals surface area (Å²) in [6, 6.07) is 10.7. The minimum Gasteiger partial charge on any atom is -0.453 e. The molecule has 0 saturated carbocycles. The van der Waals surface area contributed by atoms with Crippen LogP contribution in [0, 0.1) is 0 Å². The molecule has 2 aliphatic heterocycles. The van der Waals surface area contributed by atoms with Crippen molar-refractivity contribution in [1.82, 2.24) is 29.8 Å². The number of pyridine rings is 1. The lowest BCUT2D eigenvalue weighted by molar-refractivity contribution is 0.0177. The second kappa shape index (κ2) is 8.84. The van der Waals surface area contributed by atoms with E-state index in [1.54, 1.807) is 44.3 Å². The fourth-order valence-corrected chi connectivity index (χ4v) is 4.08. The summed E-state index contributed by atoms with van der Waals surface area (Å²) in [6.07, 6.45) is 1.39. The molecule has 178 valence electrons. The maximum Gasteiger partial charge on any atom is 0.253 e. The number of nitrogens with zero attached hydrogens (tertiary/aromatic N) is 6. The number of carbonyl (C=O) groups excluding carboxylic acids is 1. The Labute approximate surface area is 201 Å². The van der Waals surface area contributed by atoms with Gasteiger partial charge in [-0.25, -0.2) is 19.0 Å². The van der Waals surface area contributed by atoms with E-state index in [1.165, 1.54) is 4.68 Å². The van der Waals surface area contributed by atoms with Gasteiger partial charge in [0.05, 0.1) is 11.7 Å². The highest BCUT2D eigenvalue weighted by Gasteiger charge is 2.32. The molecule has 3 aromatic rings. The summed E-state index contributed by atoms with van der Waals surface area (Å²) in [4.78, 5) is 21.2. The van der Waals surface area contributed by atoms with Gasteiger partial charge >= 0.3 is 0 Å². The van der Waals surface area contributed by atoms with Crippen LogP contribution in [0.2, 0.25) is 5.15 Å². The molecule has 34 heavy (non-hydrogen) atoms. The largest absolute Gasteiger partial charge is 0.453 e. The number of piperazine rings is 1. The van der Waals surface area contributed by atoms with E-state index in [-0.39, 0.29) is 12.3 Å². The normalized spacial score (nSPS) is 18.4. The minimum atomic E-state index is -0.755. The SMILES string of the molecule is CC(C)(CF)n1cc(-c2ccc(C(=O)N3CCN(C4Nc5nc(Cl)ccc5O4)CC3)cc2)nn1. The molecule has 4 heterocycles. The van der Waals surface area contributed by atoms with Crippen LogP contribution in [0.5, 0.6) is 5.75 Å². The number of aromatic nitrogens is 4. The van der Waals surface area contributed by atoms with Crippen molar-refractivity contribution in [2.24, 2.45) is 0 Å². The Kier molecular flexibility index (Phi) is 5.86. The summed E-state index contributed by atoms with van der Waals surface area (Å²) in [7, 11) is 0. The Morgan fingerprint density at radius 2 is 1.91 bits per heavy atom. The van der Waals surface area contributed by atoms with Crippen molar-refractivity contribution >= 4 is 23.3 Å². The van der Waals surface area contributed by atoms with E-state index in [4.69, 9.17) is 16.3 Å². The van der Waals surface area contributed by atoms with E-state index in [0.29, 0.717) is 54.2 Å². The van der Waals surface area contributed by atoms with Crippen molar-refractivity contribution in [2.45, 2.75) is 25.7 Å². The number of anilines is 1. The molecule has 11 heteroatoms. The molecule has 1 aromatic carbocycles. The second-order valence-electron chi connectivity index (χ2n) is 9.00. The predicted octanol–water partition coefficient (Wildman–Crippen LogP) is 3.24. The van der Waals surface area contributed by atoms with Crippen molar-refractivity contribution in [2.75, 3.05) is 38.2 Å². The molecule has 1 fully saturated rings. The summed E-state index contributed by atoms with van der Waals surface area (Å²) < 4.78 is 20.7. The molecule has 0 bridgehead atoms. The summed E-state index contributed by atoms with van der Waals surface area (Å²) in [5.74, 6) is 1.27. The average Bonchev–Trinajstić information content (AvgIpc) is 3.52. The van der Waals surface area contributed by atoms with E-state index in [1.807, 2.05) is 17.0 Å².